The Morgan fingerprint density at radius 3 is 2.56 bits per heavy atom. The lowest BCUT2D eigenvalue weighted by Crippen LogP contribution is -2.25. The molecule has 2 heterocycles. The first kappa shape index (κ1) is 19.0. The highest BCUT2D eigenvalue weighted by Crippen LogP contribution is 2.28. The third-order valence-electron chi connectivity index (χ3n) is 4.95. The molecule has 6 heteroatoms. The Morgan fingerprint density at radius 2 is 1.93 bits per heavy atom. The highest BCUT2D eigenvalue weighted by atomic mass is 16.5. The van der Waals surface area contributed by atoms with Gasteiger partial charge < -0.3 is 14.4 Å². The van der Waals surface area contributed by atoms with E-state index in [1.807, 2.05) is 49.7 Å². The van der Waals surface area contributed by atoms with Gasteiger partial charge in [-0.15, -0.1) is 0 Å². The Kier molecular flexibility index (Phi) is 5.56. The van der Waals surface area contributed by atoms with Crippen LogP contribution >= 0.6 is 0 Å². The normalized spacial score (nSPS) is 11.6. The summed E-state index contributed by atoms with van der Waals surface area (Å²) in [4.78, 5) is 13.3. The first-order chi connectivity index (χ1) is 13.0. The number of ether oxygens (including phenoxy) is 1. The summed E-state index contributed by atoms with van der Waals surface area (Å²) in [6.45, 7) is 5.88. The van der Waals surface area contributed by atoms with Gasteiger partial charge in [-0.25, -0.2) is 15.0 Å². The number of rotatable bonds is 7. The highest BCUT2D eigenvalue weighted by molar-refractivity contribution is 5.49. The number of imidazole rings is 1. The molecule has 0 aliphatic heterocycles. The van der Waals surface area contributed by atoms with Crippen molar-refractivity contribution in [1.29, 1.82) is 0 Å². The van der Waals surface area contributed by atoms with Gasteiger partial charge in [0.25, 0.3) is 0 Å². The van der Waals surface area contributed by atoms with Crippen molar-refractivity contribution in [3.8, 4) is 11.4 Å². The van der Waals surface area contributed by atoms with Crippen LogP contribution in [0.2, 0.25) is 0 Å². The van der Waals surface area contributed by atoms with Crippen LogP contribution in [-0.2, 0) is 12.0 Å². The quantitative estimate of drug-likeness (QED) is 0.692. The van der Waals surface area contributed by atoms with Crippen LogP contribution in [0, 0.1) is 6.92 Å². The first-order valence-corrected chi connectivity index (χ1v) is 9.21. The van der Waals surface area contributed by atoms with Gasteiger partial charge in [-0.2, -0.15) is 0 Å². The van der Waals surface area contributed by atoms with Crippen molar-refractivity contribution in [2.24, 2.45) is 0 Å². The van der Waals surface area contributed by atoms with Crippen LogP contribution in [0.4, 0.5) is 0 Å². The van der Waals surface area contributed by atoms with Crippen LogP contribution in [0.5, 0.6) is 5.75 Å². The zero-order valence-corrected chi connectivity index (χ0v) is 16.3. The number of benzene rings is 1. The van der Waals surface area contributed by atoms with Gasteiger partial charge >= 0.3 is 0 Å². The molecule has 1 aromatic carbocycles. The van der Waals surface area contributed by atoms with Crippen LogP contribution in [-0.4, -0.2) is 31.7 Å². The van der Waals surface area contributed by atoms with Crippen molar-refractivity contribution in [2.45, 2.75) is 45.6 Å². The van der Waals surface area contributed by atoms with E-state index < -0.39 is 5.60 Å². The summed E-state index contributed by atoms with van der Waals surface area (Å²) in [6, 6.07) is 7.83. The molecule has 0 saturated carbocycles. The zero-order valence-electron chi connectivity index (χ0n) is 16.3. The van der Waals surface area contributed by atoms with Crippen molar-refractivity contribution in [1.82, 2.24) is 19.5 Å². The molecule has 1 N–H and O–H groups in total. The second-order valence-corrected chi connectivity index (χ2v) is 6.70. The average molecular weight is 366 g/mol. The van der Waals surface area contributed by atoms with Crippen molar-refractivity contribution in [3.05, 3.63) is 65.8 Å². The van der Waals surface area contributed by atoms with E-state index in [9.17, 15) is 5.11 Å². The fourth-order valence-electron chi connectivity index (χ4n) is 3.14. The predicted octanol–water partition coefficient (Wildman–Crippen LogP) is 3.58. The fourth-order valence-corrected chi connectivity index (χ4v) is 3.14. The van der Waals surface area contributed by atoms with Gasteiger partial charge in [-0.05, 0) is 43.5 Å². The van der Waals surface area contributed by atoms with Crippen molar-refractivity contribution in [2.75, 3.05) is 7.11 Å². The minimum absolute atomic E-state index is 0.566. The van der Waals surface area contributed by atoms with Gasteiger partial charge in [0.05, 0.1) is 30.5 Å². The van der Waals surface area contributed by atoms with E-state index in [0.717, 1.165) is 22.7 Å². The number of nitrogens with zero attached hydrogens (tertiary/aromatic N) is 4. The number of methoxy groups -OCH3 is 1. The van der Waals surface area contributed by atoms with E-state index in [1.165, 1.54) is 0 Å². The lowest BCUT2D eigenvalue weighted by Gasteiger charge is -2.24. The van der Waals surface area contributed by atoms with E-state index in [4.69, 9.17) is 4.74 Å². The minimum atomic E-state index is -0.904. The number of hydrogen-bond donors (Lipinski definition) is 1. The van der Waals surface area contributed by atoms with E-state index >= 15 is 0 Å². The smallest absolute Gasteiger partial charge is 0.143 e. The average Bonchev–Trinajstić information content (AvgIpc) is 3.13. The second kappa shape index (κ2) is 7.88. The SMILES string of the molecule is CCC(O)(CC)c1ccnc(Cc2ccc(-n3cnc(C)c3)c(OC)c2)n1. The summed E-state index contributed by atoms with van der Waals surface area (Å²) >= 11 is 0. The minimum Gasteiger partial charge on any atom is -0.495 e. The summed E-state index contributed by atoms with van der Waals surface area (Å²) in [7, 11) is 1.66. The van der Waals surface area contributed by atoms with E-state index in [-0.39, 0.29) is 0 Å². The molecule has 0 unspecified atom stereocenters. The Hall–Kier alpha value is -2.73. The lowest BCUT2D eigenvalue weighted by molar-refractivity contribution is 0.0236. The predicted molar refractivity (Wildman–Crippen MR) is 104 cm³/mol. The molecule has 0 radical (unpaired) electrons. The van der Waals surface area contributed by atoms with Crippen LogP contribution in [0.1, 0.15) is 49.5 Å². The Labute approximate surface area is 159 Å². The van der Waals surface area contributed by atoms with E-state index in [2.05, 4.69) is 15.0 Å². The Balaban J connectivity index is 1.88. The molecule has 0 aliphatic rings. The van der Waals surface area contributed by atoms with Crippen molar-refractivity contribution < 1.29 is 9.84 Å². The largest absolute Gasteiger partial charge is 0.495 e. The van der Waals surface area contributed by atoms with Gasteiger partial charge in [0.2, 0.25) is 0 Å². The molecule has 0 saturated heterocycles. The Morgan fingerprint density at radius 1 is 1.15 bits per heavy atom. The summed E-state index contributed by atoms with van der Waals surface area (Å²) in [6.07, 6.45) is 7.25. The molecular formula is C21H26N4O2. The third kappa shape index (κ3) is 4.01. The molecule has 0 amide bonds. The number of hydrogen-bond acceptors (Lipinski definition) is 5. The maximum absolute atomic E-state index is 10.7. The molecule has 0 aliphatic carbocycles. The van der Waals surface area contributed by atoms with Gasteiger partial charge in [0, 0.05) is 18.8 Å². The topological polar surface area (TPSA) is 73.1 Å². The fraction of sp³-hybridized carbons (Fsp3) is 0.381. The maximum atomic E-state index is 10.7. The number of aromatic nitrogens is 4. The molecule has 0 fully saturated rings. The lowest BCUT2D eigenvalue weighted by atomic mass is 9.93. The summed E-state index contributed by atoms with van der Waals surface area (Å²) in [5, 5.41) is 10.7. The zero-order chi connectivity index (χ0) is 19.4. The first-order valence-electron chi connectivity index (χ1n) is 9.21. The molecule has 6 nitrogen and oxygen atoms in total. The molecule has 3 aromatic rings. The van der Waals surface area contributed by atoms with Crippen molar-refractivity contribution >= 4 is 0 Å². The molecule has 0 atom stereocenters. The standard InChI is InChI=1S/C21H26N4O2/c1-5-21(26,6-2)19-9-10-22-20(24-19)12-16-7-8-17(18(11-16)27-4)25-13-15(3)23-14-25/h7-11,13-14,26H,5-6,12H2,1-4H3. The third-order valence-corrected chi connectivity index (χ3v) is 4.95. The summed E-state index contributed by atoms with van der Waals surface area (Å²) in [5.41, 5.74) is 2.70. The summed E-state index contributed by atoms with van der Waals surface area (Å²) in [5.74, 6) is 1.45. The van der Waals surface area contributed by atoms with Gasteiger partial charge in [-0.3, -0.25) is 0 Å². The van der Waals surface area contributed by atoms with Crippen LogP contribution in [0.25, 0.3) is 5.69 Å². The van der Waals surface area contributed by atoms with E-state index in [1.54, 1.807) is 25.7 Å². The van der Waals surface area contributed by atoms with Gasteiger partial charge in [-0.1, -0.05) is 19.9 Å². The van der Waals surface area contributed by atoms with Gasteiger partial charge in [0.1, 0.15) is 17.2 Å². The molecular weight excluding hydrogens is 340 g/mol. The molecule has 27 heavy (non-hydrogen) atoms. The number of aliphatic hydroxyl groups is 1. The molecule has 2 aromatic heterocycles. The van der Waals surface area contributed by atoms with Crippen LogP contribution in [0.15, 0.2) is 43.0 Å². The molecule has 0 bridgehead atoms. The van der Waals surface area contributed by atoms with Crippen molar-refractivity contribution in [3.63, 3.8) is 0 Å². The van der Waals surface area contributed by atoms with Crippen LogP contribution in [0.3, 0.4) is 0 Å². The van der Waals surface area contributed by atoms with Crippen LogP contribution < -0.4 is 4.74 Å². The van der Waals surface area contributed by atoms with E-state index in [0.29, 0.717) is 30.8 Å². The number of aryl methyl sites for hydroxylation is 1. The molecule has 3 rings (SSSR count). The second-order valence-electron chi connectivity index (χ2n) is 6.70. The summed E-state index contributed by atoms with van der Waals surface area (Å²) < 4.78 is 7.51. The molecule has 142 valence electrons. The molecule has 0 spiro atoms. The maximum Gasteiger partial charge on any atom is 0.143 e. The van der Waals surface area contributed by atoms with Gasteiger partial charge in [0.15, 0.2) is 0 Å². The monoisotopic (exact) mass is 366 g/mol. The highest BCUT2D eigenvalue weighted by Gasteiger charge is 2.26. The Bertz CT molecular complexity index is 916.